The number of carbonyl (C=O) groups excluding carboxylic acids is 1. The van der Waals surface area contributed by atoms with E-state index in [1.54, 1.807) is 12.5 Å². The van der Waals surface area contributed by atoms with Gasteiger partial charge in [-0.3, -0.25) is 4.21 Å². The molecular formula is C17H36F6O4S2. The van der Waals surface area contributed by atoms with E-state index in [1.807, 2.05) is 0 Å². The van der Waals surface area contributed by atoms with Crippen molar-refractivity contribution in [1.29, 1.82) is 0 Å². The zero-order chi connectivity index (χ0) is 25.7. The molecule has 0 rings (SSSR count). The molecule has 0 aliphatic rings. The standard InChI is InChI=1S/C5H6F6.C5H12.C3H6O.C2H6O2S.C2H6OS/c1-3(2,4(6,7)8)5(9,10)11;1-5(2,3)4;1-3(2)4;1-5(2,3)4;1-4(2)3/h1-2H3;1-4H3;1-2H3;1-2H3;1-2H3. The van der Waals surface area contributed by atoms with Gasteiger partial charge < -0.3 is 4.79 Å². The predicted octanol–water partition coefficient (Wildman–Crippen LogP) is 5.44. The second kappa shape index (κ2) is 15.2. The van der Waals surface area contributed by atoms with E-state index in [-0.39, 0.29) is 19.6 Å². The third-order valence-corrected chi connectivity index (χ3v) is 1.42. The van der Waals surface area contributed by atoms with Crippen molar-refractivity contribution in [2.75, 3.05) is 25.0 Å². The summed E-state index contributed by atoms with van der Waals surface area (Å²) in [6, 6.07) is 0. The molecule has 0 aliphatic carbocycles. The summed E-state index contributed by atoms with van der Waals surface area (Å²) in [6.07, 6.45) is -4.89. The van der Waals surface area contributed by atoms with Crippen LogP contribution in [-0.2, 0) is 25.4 Å². The first-order valence-electron chi connectivity index (χ1n) is 7.97. The van der Waals surface area contributed by atoms with Crippen LogP contribution in [0.2, 0.25) is 0 Å². The highest BCUT2D eigenvalue weighted by atomic mass is 32.2. The van der Waals surface area contributed by atoms with Crippen molar-refractivity contribution in [2.45, 2.75) is 67.7 Å². The lowest BCUT2D eigenvalue weighted by molar-refractivity contribution is -0.327. The van der Waals surface area contributed by atoms with E-state index in [9.17, 15) is 43.8 Å². The molecule has 182 valence electrons. The molecule has 0 N–H and O–H groups in total. The lowest BCUT2D eigenvalue weighted by atomic mass is 9.92. The summed E-state index contributed by atoms with van der Waals surface area (Å²) in [6.45, 7) is 12.0. The van der Waals surface area contributed by atoms with E-state index < -0.39 is 38.4 Å². The van der Waals surface area contributed by atoms with E-state index in [0.29, 0.717) is 5.41 Å². The van der Waals surface area contributed by atoms with Gasteiger partial charge in [0.2, 0.25) is 0 Å². The molecule has 12 heteroatoms. The number of hydrogen-bond acceptors (Lipinski definition) is 4. The molecular weight excluding hydrogens is 446 g/mol. The maximum atomic E-state index is 11.6. The van der Waals surface area contributed by atoms with Gasteiger partial charge >= 0.3 is 12.4 Å². The third-order valence-electron chi connectivity index (χ3n) is 1.42. The van der Waals surface area contributed by atoms with Gasteiger partial charge in [0, 0.05) is 35.8 Å². The van der Waals surface area contributed by atoms with Crippen LogP contribution in [0.1, 0.15) is 55.4 Å². The summed E-state index contributed by atoms with van der Waals surface area (Å²) >= 11 is 0. The zero-order valence-electron chi connectivity index (χ0n) is 19.2. The fourth-order valence-corrected chi connectivity index (χ4v) is 0.161. The minimum Gasteiger partial charge on any atom is -0.300 e. The Hall–Kier alpha value is -0.650. The molecule has 0 heterocycles. The molecule has 4 nitrogen and oxygen atoms in total. The van der Waals surface area contributed by atoms with Crippen molar-refractivity contribution in [1.82, 2.24) is 0 Å². The number of alkyl halides is 6. The minimum atomic E-state index is -5.24. The van der Waals surface area contributed by atoms with Crippen LogP contribution in [-0.4, -0.2) is 55.8 Å². The number of rotatable bonds is 0. The molecule has 0 aliphatic heterocycles. The van der Waals surface area contributed by atoms with Gasteiger partial charge in [-0.15, -0.1) is 0 Å². The smallest absolute Gasteiger partial charge is 0.300 e. The molecule has 0 aromatic carbocycles. The van der Waals surface area contributed by atoms with E-state index in [4.69, 9.17) is 0 Å². The summed E-state index contributed by atoms with van der Waals surface area (Å²) in [4.78, 5) is 9.44. The van der Waals surface area contributed by atoms with Crippen LogP contribution in [0.4, 0.5) is 26.3 Å². The number of hydrogen-bond donors (Lipinski definition) is 0. The normalized spacial score (nSPS) is 12.0. The Morgan fingerprint density at radius 3 is 0.793 bits per heavy atom. The van der Waals surface area contributed by atoms with E-state index >= 15 is 0 Å². The van der Waals surface area contributed by atoms with Crippen molar-refractivity contribution in [3.05, 3.63) is 0 Å². The summed E-state index contributed by atoms with van der Waals surface area (Å²) in [5.74, 6) is 0.167. The summed E-state index contributed by atoms with van der Waals surface area (Å²) in [5.41, 5.74) is -3.12. The second-order valence-electron chi connectivity index (χ2n) is 8.41. The van der Waals surface area contributed by atoms with E-state index in [2.05, 4.69) is 27.7 Å². The Labute approximate surface area is 174 Å². The molecule has 0 saturated carbocycles. The first kappa shape index (κ1) is 38.9. The number of carbonyl (C=O) groups is 1. The van der Waals surface area contributed by atoms with Crippen molar-refractivity contribution in [3.63, 3.8) is 0 Å². The SMILES string of the molecule is CC(C)(C(F)(F)F)C(F)(F)F.CC(C)(C)C.CC(C)=O.CS(C)(=O)=O.CS(C)=O. The Kier molecular flexibility index (Phi) is 20.4. The highest BCUT2D eigenvalue weighted by molar-refractivity contribution is 7.89. The summed E-state index contributed by atoms with van der Waals surface area (Å²) in [5, 5.41) is 0. The van der Waals surface area contributed by atoms with Gasteiger partial charge in [-0.2, -0.15) is 26.3 Å². The topological polar surface area (TPSA) is 68.3 Å². The Bertz CT molecular complexity index is 508. The number of Topliss-reactive ketones (excluding diaryl/α,β-unsaturated/α-hetero) is 1. The van der Waals surface area contributed by atoms with Gasteiger partial charge in [0.1, 0.15) is 15.6 Å². The summed E-state index contributed by atoms with van der Waals surface area (Å²) in [7, 11) is -3.28. The van der Waals surface area contributed by atoms with Crippen molar-refractivity contribution < 1.29 is 43.8 Å². The molecule has 0 spiro atoms. The van der Waals surface area contributed by atoms with Crippen LogP contribution in [0.3, 0.4) is 0 Å². The quantitative estimate of drug-likeness (QED) is 0.431. The number of ketones is 1. The predicted molar refractivity (Wildman–Crippen MR) is 108 cm³/mol. The largest absolute Gasteiger partial charge is 0.402 e. The second-order valence-corrected chi connectivity index (χ2v) is 12.2. The Balaban J connectivity index is -0.0000000903. The Morgan fingerprint density at radius 1 is 0.724 bits per heavy atom. The van der Waals surface area contributed by atoms with E-state index in [0.717, 1.165) is 12.5 Å². The third kappa shape index (κ3) is 58.4. The minimum absolute atomic E-state index is 0.104. The monoisotopic (exact) mass is 482 g/mol. The molecule has 0 fully saturated rings. The first-order chi connectivity index (χ1) is 12.0. The zero-order valence-corrected chi connectivity index (χ0v) is 20.9. The van der Waals surface area contributed by atoms with Crippen molar-refractivity contribution in [2.24, 2.45) is 10.8 Å². The number of halogens is 6. The molecule has 0 unspecified atom stereocenters. The number of sulfone groups is 1. The van der Waals surface area contributed by atoms with Gasteiger partial charge in [0.25, 0.3) is 0 Å². The molecule has 29 heavy (non-hydrogen) atoms. The molecule has 0 atom stereocenters. The van der Waals surface area contributed by atoms with Crippen LogP contribution in [0.5, 0.6) is 0 Å². The van der Waals surface area contributed by atoms with Gasteiger partial charge in [0.05, 0.1) is 0 Å². The lowest BCUT2D eigenvalue weighted by Crippen LogP contribution is -2.44. The van der Waals surface area contributed by atoms with Gasteiger partial charge in [-0.05, 0) is 33.1 Å². The first-order valence-corrected chi connectivity index (χ1v) is 12.2. The van der Waals surface area contributed by atoms with Crippen molar-refractivity contribution in [3.8, 4) is 0 Å². The van der Waals surface area contributed by atoms with Crippen molar-refractivity contribution >= 4 is 26.4 Å². The molecule has 0 bridgehead atoms. The lowest BCUT2D eigenvalue weighted by Gasteiger charge is -2.29. The highest BCUT2D eigenvalue weighted by Gasteiger charge is 2.64. The van der Waals surface area contributed by atoms with Crippen LogP contribution >= 0.6 is 0 Å². The fraction of sp³-hybridized carbons (Fsp3) is 0.941. The van der Waals surface area contributed by atoms with Crippen LogP contribution in [0.15, 0.2) is 0 Å². The summed E-state index contributed by atoms with van der Waals surface area (Å²) < 4.78 is 98.5. The van der Waals surface area contributed by atoms with E-state index in [1.165, 1.54) is 13.8 Å². The maximum absolute atomic E-state index is 11.6. The van der Waals surface area contributed by atoms with Gasteiger partial charge in [-0.1, -0.05) is 27.7 Å². The fourth-order valence-electron chi connectivity index (χ4n) is 0.161. The van der Waals surface area contributed by atoms with Crippen LogP contribution in [0.25, 0.3) is 0 Å². The molecule has 0 amide bonds. The average Bonchev–Trinajstić information content (AvgIpc) is 2.18. The van der Waals surface area contributed by atoms with Gasteiger partial charge in [0.15, 0.2) is 5.41 Å². The Morgan fingerprint density at radius 2 is 0.793 bits per heavy atom. The highest BCUT2D eigenvalue weighted by Crippen LogP contribution is 2.49. The average molecular weight is 483 g/mol. The molecule has 0 radical (unpaired) electrons. The molecule has 0 aromatic heterocycles. The van der Waals surface area contributed by atoms with Crippen LogP contribution < -0.4 is 0 Å². The maximum Gasteiger partial charge on any atom is 0.402 e. The van der Waals surface area contributed by atoms with Gasteiger partial charge in [-0.25, -0.2) is 8.42 Å². The van der Waals surface area contributed by atoms with Crippen LogP contribution in [0, 0.1) is 10.8 Å². The molecule has 0 aromatic rings. The molecule has 0 saturated heterocycles.